The third kappa shape index (κ3) is 2.86. The number of methoxy groups -OCH3 is 1. The molecule has 106 valence electrons. The normalized spacial score (nSPS) is 19.2. The van der Waals surface area contributed by atoms with Gasteiger partial charge in [-0.15, -0.1) is 0 Å². The van der Waals surface area contributed by atoms with Crippen molar-refractivity contribution in [1.29, 1.82) is 0 Å². The van der Waals surface area contributed by atoms with E-state index in [1.807, 2.05) is 0 Å². The van der Waals surface area contributed by atoms with Crippen molar-refractivity contribution in [1.82, 2.24) is 0 Å². The topological polar surface area (TPSA) is 35.2 Å². The molecule has 0 atom stereocenters. The van der Waals surface area contributed by atoms with Crippen molar-refractivity contribution in [3.8, 4) is 5.75 Å². The summed E-state index contributed by atoms with van der Waals surface area (Å²) in [5.41, 5.74) is 5.45. The molecule has 2 rings (SSSR count). The van der Waals surface area contributed by atoms with E-state index in [1.165, 1.54) is 13.2 Å². The molecule has 1 aliphatic carbocycles. The van der Waals surface area contributed by atoms with E-state index in [0.29, 0.717) is 5.56 Å². The minimum Gasteiger partial charge on any atom is -0.496 e. The van der Waals surface area contributed by atoms with Crippen molar-refractivity contribution in [2.45, 2.75) is 43.8 Å². The van der Waals surface area contributed by atoms with Crippen LogP contribution < -0.4 is 10.5 Å². The average Bonchev–Trinajstić information content (AvgIpc) is 2.38. The molecule has 1 aromatic rings. The molecule has 1 fully saturated rings. The van der Waals surface area contributed by atoms with Crippen LogP contribution in [0.4, 0.5) is 13.2 Å². The van der Waals surface area contributed by atoms with E-state index in [1.54, 1.807) is 6.07 Å². The Morgan fingerprint density at radius 3 is 2.32 bits per heavy atom. The number of ether oxygens (including phenoxy) is 1. The Morgan fingerprint density at radius 1 is 1.16 bits per heavy atom. The van der Waals surface area contributed by atoms with Crippen molar-refractivity contribution in [3.63, 3.8) is 0 Å². The molecule has 1 aromatic carbocycles. The summed E-state index contributed by atoms with van der Waals surface area (Å²) in [6.07, 6.45) is 0.0641. The van der Waals surface area contributed by atoms with Crippen LogP contribution in [0.15, 0.2) is 18.2 Å². The van der Waals surface area contributed by atoms with Crippen molar-refractivity contribution < 1.29 is 17.9 Å². The SMILES string of the molecule is COc1ccc(C2(N)CCCCC2)cc1C(F)(F)F. The van der Waals surface area contributed by atoms with E-state index in [2.05, 4.69) is 0 Å². The van der Waals surface area contributed by atoms with Gasteiger partial charge in [0, 0.05) is 5.54 Å². The Labute approximate surface area is 110 Å². The van der Waals surface area contributed by atoms with Gasteiger partial charge in [-0.25, -0.2) is 0 Å². The van der Waals surface area contributed by atoms with Crippen LogP contribution in [0, 0.1) is 0 Å². The lowest BCUT2D eigenvalue weighted by molar-refractivity contribution is -0.138. The van der Waals surface area contributed by atoms with Crippen LogP contribution in [0.25, 0.3) is 0 Å². The zero-order valence-corrected chi connectivity index (χ0v) is 10.9. The summed E-state index contributed by atoms with van der Waals surface area (Å²) in [4.78, 5) is 0. The monoisotopic (exact) mass is 273 g/mol. The number of nitrogens with two attached hydrogens (primary N) is 1. The maximum Gasteiger partial charge on any atom is 0.419 e. The minimum absolute atomic E-state index is 0.157. The molecule has 0 heterocycles. The van der Waals surface area contributed by atoms with E-state index in [4.69, 9.17) is 10.5 Å². The molecule has 19 heavy (non-hydrogen) atoms. The summed E-state index contributed by atoms with van der Waals surface area (Å²) in [5, 5.41) is 0. The van der Waals surface area contributed by atoms with Crippen LogP contribution in [-0.4, -0.2) is 7.11 Å². The molecule has 2 nitrogen and oxygen atoms in total. The first-order valence-electron chi connectivity index (χ1n) is 6.41. The molecule has 1 saturated carbocycles. The largest absolute Gasteiger partial charge is 0.496 e. The lowest BCUT2D eigenvalue weighted by Gasteiger charge is -2.34. The maximum atomic E-state index is 13.0. The van der Waals surface area contributed by atoms with Crippen LogP contribution in [-0.2, 0) is 11.7 Å². The van der Waals surface area contributed by atoms with Gasteiger partial charge in [0.2, 0.25) is 0 Å². The molecule has 1 aliphatic rings. The fourth-order valence-electron chi connectivity index (χ4n) is 2.71. The van der Waals surface area contributed by atoms with E-state index < -0.39 is 17.3 Å². The van der Waals surface area contributed by atoms with Gasteiger partial charge < -0.3 is 10.5 Å². The lowest BCUT2D eigenvalue weighted by Crippen LogP contribution is -2.38. The maximum absolute atomic E-state index is 13.0. The molecule has 0 aliphatic heterocycles. The van der Waals surface area contributed by atoms with E-state index in [0.717, 1.165) is 38.2 Å². The van der Waals surface area contributed by atoms with Crippen LogP contribution in [0.2, 0.25) is 0 Å². The van der Waals surface area contributed by atoms with Gasteiger partial charge in [0.15, 0.2) is 0 Å². The molecule has 0 aromatic heterocycles. The number of alkyl halides is 3. The highest BCUT2D eigenvalue weighted by molar-refractivity contribution is 5.41. The second kappa shape index (κ2) is 5.04. The molecule has 0 radical (unpaired) electrons. The van der Waals surface area contributed by atoms with Gasteiger partial charge in [-0.05, 0) is 30.5 Å². The van der Waals surface area contributed by atoms with Gasteiger partial charge in [0.25, 0.3) is 0 Å². The first-order chi connectivity index (χ1) is 8.87. The summed E-state index contributed by atoms with van der Waals surface area (Å²) in [6, 6.07) is 4.16. The second-order valence-electron chi connectivity index (χ2n) is 5.13. The molecule has 0 bridgehead atoms. The summed E-state index contributed by atoms with van der Waals surface area (Å²) >= 11 is 0. The van der Waals surface area contributed by atoms with Crippen molar-refractivity contribution in [2.24, 2.45) is 5.73 Å². The molecule has 0 unspecified atom stereocenters. The van der Waals surface area contributed by atoms with Gasteiger partial charge in [-0.3, -0.25) is 0 Å². The lowest BCUT2D eigenvalue weighted by atomic mass is 9.77. The number of hydrogen-bond acceptors (Lipinski definition) is 2. The number of hydrogen-bond donors (Lipinski definition) is 1. The quantitative estimate of drug-likeness (QED) is 0.888. The fraction of sp³-hybridized carbons (Fsp3) is 0.571. The summed E-state index contributed by atoms with van der Waals surface area (Å²) in [5.74, 6) is -0.157. The summed E-state index contributed by atoms with van der Waals surface area (Å²) in [6.45, 7) is 0. The first-order valence-corrected chi connectivity index (χ1v) is 6.41. The molecule has 0 saturated heterocycles. The number of benzene rings is 1. The van der Waals surface area contributed by atoms with Crippen LogP contribution in [0.1, 0.15) is 43.2 Å². The van der Waals surface area contributed by atoms with E-state index in [-0.39, 0.29) is 5.75 Å². The number of rotatable bonds is 2. The van der Waals surface area contributed by atoms with Gasteiger partial charge in [0.1, 0.15) is 5.75 Å². The van der Waals surface area contributed by atoms with E-state index >= 15 is 0 Å². The van der Waals surface area contributed by atoms with Crippen LogP contribution in [0.3, 0.4) is 0 Å². The summed E-state index contributed by atoms with van der Waals surface area (Å²) in [7, 11) is 1.24. The Hall–Kier alpha value is -1.23. The highest BCUT2D eigenvalue weighted by Gasteiger charge is 2.37. The van der Waals surface area contributed by atoms with Crippen molar-refractivity contribution in [2.75, 3.05) is 7.11 Å². The molecule has 0 amide bonds. The zero-order valence-electron chi connectivity index (χ0n) is 10.9. The van der Waals surface area contributed by atoms with Gasteiger partial charge in [-0.1, -0.05) is 25.3 Å². The van der Waals surface area contributed by atoms with Crippen LogP contribution in [0.5, 0.6) is 5.75 Å². The van der Waals surface area contributed by atoms with Crippen molar-refractivity contribution >= 4 is 0 Å². The predicted octanol–water partition coefficient (Wildman–Crippen LogP) is 3.83. The Kier molecular flexibility index (Phi) is 3.76. The Bertz CT molecular complexity index is 450. The third-order valence-corrected chi connectivity index (χ3v) is 3.83. The highest BCUT2D eigenvalue weighted by atomic mass is 19.4. The molecular weight excluding hydrogens is 255 g/mol. The second-order valence-corrected chi connectivity index (χ2v) is 5.13. The fourth-order valence-corrected chi connectivity index (χ4v) is 2.71. The number of halogens is 3. The van der Waals surface area contributed by atoms with Gasteiger partial charge in [-0.2, -0.15) is 13.2 Å². The van der Waals surface area contributed by atoms with Gasteiger partial charge >= 0.3 is 6.18 Å². The standard InChI is InChI=1S/C14H18F3NO/c1-19-12-6-5-10(9-11(12)14(15,16)17)13(18)7-3-2-4-8-13/h5-6,9H,2-4,7-8,18H2,1H3. The smallest absolute Gasteiger partial charge is 0.419 e. The van der Waals surface area contributed by atoms with Crippen LogP contribution >= 0.6 is 0 Å². The molecular formula is C14H18F3NO. The van der Waals surface area contributed by atoms with Crippen molar-refractivity contribution in [3.05, 3.63) is 29.3 Å². The molecule has 2 N–H and O–H groups in total. The average molecular weight is 273 g/mol. The summed E-state index contributed by atoms with van der Waals surface area (Å²) < 4.78 is 43.7. The molecule has 5 heteroatoms. The van der Waals surface area contributed by atoms with Gasteiger partial charge in [0.05, 0.1) is 12.7 Å². The zero-order chi connectivity index (χ0) is 14.1. The first kappa shape index (κ1) is 14.2. The van der Waals surface area contributed by atoms with E-state index in [9.17, 15) is 13.2 Å². The predicted molar refractivity (Wildman–Crippen MR) is 66.9 cm³/mol. The highest BCUT2D eigenvalue weighted by Crippen LogP contribution is 2.41. The minimum atomic E-state index is -4.42. The Balaban J connectivity index is 2.43. The third-order valence-electron chi connectivity index (χ3n) is 3.83. The Morgan fingerprint density at radius 2 is 1.79 bits per heavy atom. The molecule has 0 spiro atoms.